The van der Waals surface area contributed by atoms with Crippen molar-refractivity contribution in [3.63, 3.8) is 0 Å². The van der Waals surface area contributed by atoms with Gasteiger partial charge in [0.2, 0.25) is 5.95 Å². The minimum Gasteiger partial charge on any atom is -0.354 e. The third kappa shape index (κ3) is 4.36. The summed E-state index contributed by atoms with van der Waals surface area (Å²) in [6.45, 7) is 5.45. The molecule has 1 saturated heterocycles. The molecule has 2 aromatic heterocycles. The first kappa shape index (κ1) is 18.7. The number of aryl methyl sites for hydroxylation is 1. The zero-order valence-corrected chi connectivity index (χ0v) is 15.8. The SMILES string of the molecule is CNC(=O)c1nnc(Nc2cc(C)nc(N3CCCCC3)n2)cc1C(C)=N. The average molecular weight is 368 g/mol. The molecule has 1 fully saturated rings. The molecule has 0 bridgehead atoms. The van der Waals surface area contributed by atoms with Crippen LogP contribution in [0, 0.1) is 12.3 Å². The lowest BCUT2D eigenvalue weighted by molar-refractivity contribution is 0.0957. The van der Waals surface area contributed by atoms with E-state index in [1.54, 1.807) is 13.0 Å². The van der Waals surface area contributed by atoms with Crippen molar-refractivity contribution in [3.8, 4) is 0 Å². The van der Waals surface area contributed by atoms with Gasteiger partial charge in [0.05, 0.1) is 0 Å². The topological polar surface area (TPSA) is 120 Å². The summed E-state index contributed by atoms with van der Waals surface area (Å²) in [6, 6.07) is 3.47. The molecular weight excluding hydrogens is 344 g/mol. The first-order valence-corrected chi connectivity index (χ1v) is 9.01. The number of carbonyl (C=O) groups is 1. The van der Waals surface area contributed by atoms with Crippen LogP contribution in [0.2, 0.25) is 0 Å². The number of nitrogens with one attached hydrogen (secondary N) is 3. The Morgan fingerprint density at radius 2 is 1.85 bits per heavy atom. The first-order chi connectivity index (χ1) is 13.0. The largest absolute Gasteiger partial charge is 0.354 e. The predicted octanol–water partition coefficient (Wildman–Crippen LogP) is 2.06. The smallest absolute Gasteiger partial charge is 0.272 e. The highest BCUT2D eigenvalue weighted by Gasteiger charge is 2.17. The Bertz CT molecular complexity index is 860. The van der Waals surface area contributed by atoms with Crippen LogP contribution >= 0.6 is 0 Å². The number of carbonyl (C=O) groups excluding carboxylic acids is 1. The van der Waals surface area contributed by atoms with E-state index in [1.807, 2.05) is 13.0 Å². The quantitative estimate of drug-likeness (QED) is 0.691. The molecule has 0 saturated carbocycles. The molecular formula is C18H24N8O. The highest BCUT2D eigenvalue weighted by atomic mass is 16.1. The maximum Gasteiger partial charge on any atom is 0.272 e. The number of piperidine rings is 1. The Labute approximate surface area is 158 Å². The number of hydrogen-bond acceptors (Lipinski definition) is 8. The molecule has 1 aliphatic heterocycles. The van der Waals surface area contributed by atoms with E-state index < -0.39 is 0 Å². The van der Waals surface area contributed by atoms with Gasteiger partial charge >= 0.3 is 0 Å². The Kier molecular flexibility index (Phi) is 5.58. The Balaban J connectivity index is 1.88. The van der Waals surface area contributed by atoms with E-state index in [0.29, 0.717) is 23.1 Å². The van der Waals surface area contributed by atoms with Crippen molar-refractivity contribution in [2.24, 2.45) is 0 Å². The van der Waals surface area contributed by atoms with Crippen LogP contribution in [0.3, 0.4) is 0 Å². The summed E-state index contributed by atoms with van der Waals surface area (Å²) < 4.78 is 0. The standard InChI is InChI=1S/C18H24N8O/c1-11-9-14(23-18(21-11)26-7-5-4-6-8-26)22-15-10-13(12(2)19)16(25-24-15)17(27)20-3/h9-10,19H,4-8H2,1-3H3,(H,20,27)(H,21,22,23,24). The van der Waals surface area contributed by atoms with E-state index in [9.17, 15) is 4.79 Å². The summed E-state index contributed by atoms with van der Waals surface area (Å²) in [5.74, 6) is 1.36. The van der Waals surface area contributed by atoms with Crippen LogP contribution < -0.4 is 15.5 Å². The molecule has 142 valence electrons. The van der Waals surface area contributed by atoms with Gasteiger partial charge in [0, 0.05) is 43.2 Å². The van der Waals surface area contributed by atoms with E-state index in [0.717, 1.165) is 31.6 Å². The maximum absolute atomic E-state index is 11.9. The normalized spacial score (nSPS) is 14.0. The van der Waals surface area contributed by atoms with Gasteiger partial charge < -0.3 is 20.9 Å². The number of amides is 1. The van der Waals surface area contributed by atoms with Crippen LogP contribution in [0.4, 0.5) is 17.6 Å². The fourth-order valence-corrected chi connectivity index (χ4v) is 3.01. The van der Waals surface area contributed by atoms with Crippen LogP contribution in [-0.4, -0.2) is 51.9 Å². The summed E-state index contributed by atoms with van der Waals surface area (Å²) >= 11 is 0. The molecule has 9 heteroatoms. The number of anilines is 3. The van der Waals surface area contributed by atoms with Gasteiger partial charge in [-0.3, -0.25) is 4.79 Å². The molecule has 0 unspecified atom stereocenters. The molecule has 9 nitrogen and oxygen atoms in total. The fourth-order valence-electron chi connectivity index (χ4n) is 3.01. The van der Waals surface area contributed by atoms with Crippen molar-refractivity contribution in [3.05, 3.63) is 29.1 Å². The van der Waals surface area contributed by atoms with Gasteiger partial charge in [-0.2, -0.15) is 4.98 Å². The fraction of sp³-hybridized carbons (Fsp3) is 0.444. The number of nitrogens with zero attached hydrogens (tertiary/aromatic N) is 5. The van der Waals surface area contributed by atoms with Gasteiger partial charge in [0.1, 0.15) is 5.82 Å². The van der Waals surface area contributed by atoms with Crippen LogP contribution in [0.1, 0.15) is 47.9 Å². The molecule has 2 aromatic rings. The van der Waals surface area contributed by atoms with E-state index in [-0.39, 0.29) is 17.3 Å². The number of aromatic nitrogens is 4. The van der Waals surface area contributed by atoms with Crippen LogP contribution in [0.25, 0.3) is 0 Å². The second-order valence-electron chi connectivity index (χ2n) is 6.56. The van der Waals surface area contributed by atoms with Gasteiger partial charge in [-0.05, 0) is 39.2 Å². The summed E-state index contributed by atoms with van der Waals surface area (Å²) in [7, 11) is 1.52. The highest BCUT2D eigenvalue weighted by Crippen LogP contribution is 2.21. The van der Waals surface area contributed by atoms with Gasteiger partial charge in [-0.1, -0.05) is 0 Å². The molecule has 0 aromatic carbocycles. The molecule has 27 heavy (non-hydrogen) atoms. The summed E-state index contributed by atoms with van der Waals surface area (Å²) in [6.07, 6.45) is 3.54. The van der Waals surface area contributed by atoms with Gasteiger partial charge in [0.15, 0.2) is 11.5 Å². The third-order valence-electron chi connectivity index (χ3n) is 4.38. The molecule has 1 amide bonds. The van der Waals surface area contributed by atoms with Crippen molar-refractivity contribution in [1.29, 1.82) is 5.41 Å². The van der Waals surface area contributed by atoms with E-state index in [2.05, 4.69) is 35.7 Å². The Morgan fingerprint density at radius 1 is 1.11 bits per heavy atom. The molecule has 0 atom stereocenters. The monoisotopic (exact) mass is 368 g/mol. The average Bonchev–Trinajstić information content (AvgIpc) is 2.67. The van der Waals surface area contributed by atoms with Crippen LogP contribution in [0.5, 0.6) is 0 Å². The third-order valence-corrected chi connectivity index (χ3v) is 4.38. The summed E-state index contributed by atoms with van der Waals surface area (Å²) in [5, 5.41) is 21.6. The van der Waals surface area contributed by atoms with Gasteiger partial charge in [-0.15, -0.1) is 10.2 Å². The lowest BCUT2D eigenvalue weighted by atomic mass is 10.1. The molecule has 0 spiro atoms. The molecule has 1 aliphatic rings. The molecule has 3 N–H and O–H groups in total. The zero-order valence-electron chi connectivity index (χ0n) is 15.8. The van der Waals surface area contributed by atoms with Gasteiger partial charge in [0.25, 0.3) is 5.91 Å². The number of rotatable bonds is 5. The van der Waals surface area contributed by atoms with Crippen molar-refractivity contribution in [1.82, 2.24) is 25.5 Å². The lowest BCUT2D eigenvalue weighted by Crippen LogP contribution is -2.31. The van der Waals surface area contributed by atoms with Crippen molar-refractivity contribution in [2.45, 2.75) is 33.1 Å². The minimum atomic E-state index is -0.374. The van der Waals surface area contributed by atoms with Crippen molar-refractivity contribution in [2.75, 3.05) is 30.4 Å². The zero-order chi connectivity index (χ0) is 19.4. The highest BCUT2D eigenvalue weighted by molar-refractivity contribution is 6.07. The Morgan fingerprint density at radius 3 is 2.52 bits per heavy atom. The van der Waals surface area contributed by atoms with Crippen molar-refractivity contribution < 1.29 is 4.79 Å². The molecule has 3 rings (SSSR count). The summed E-state index contributed by atoms with van der Waals surface area (Å²) in [5.41, 5.74) is 1.64. The Hall–Kier alpha value is -3.10. The van der Waals surface area contributed by atoms with E-state index in [4.69, 9.17) is 5.41 Å². The molecule has 0 radical (unpaired) electrons. The predicted molar refractivity (Wildman–Crippen MR) is 104 cm³/mol. The second kappa shape index (κ2) is 8.07. The minimum absolute atomic E-state index is 0.128. The lowest BCUT2D eigenvalue weighted by Gasteiger charge is -2.27. The number of hydrogen-bond donors (Lipinski definition) is 3. The van der Waals surface area contributed by atoms with Crippen LogP contribution in [0.15, 0.2) is 12.1 Å². The molecule has 0 aliphatic carbocycles. The van der Waals surface area contributed by atoms with E-state index >= 15 is 0 Å². The molecule has 3 heterocycles. The maximum atomic E-state index is 11.9. The van der Waals surface area contributed by atoms with Crippen molar-refractivity contribution >= 4 is 29.2 Å². The second-order valence-corrected chi connectivity index (χ2v) is 6.56. The van der Waals surface area contributed by atoms with E-state index in [1.165, 1.54) is 13.5 Å². The first-order valence-electron chi connectivity index (χ1n) is 9.01. The van der Waals surface area contributed by atoms with Crippen LogP contribution in [-0.2, 0) is 0 Å². The van der Waals surface area contributed by atoms with Gasteiger partial charge in [-0.25, -0.2) is 4.98 Å². The summed E-state index contributed by atoms with van der Waals surface area (Å²) in [4.78, 5) is 23.3.